The van der Waals surface area contributed by atoms with E-state index in [1.807, 2.05) is 18.2 Å². The lowest BCUT2D eigenvalue weighted by molar-refractivity contribution is -0.0686. The Balaban J connectivity index is 1.36. The molecule has 100 valence electrons. The third-order valence-electron chi connectivity index (χ3n) is 4.22. The number of hydrogen-bond donors (Lipinski definition) is 0. The van der Waals surface area contributed by atoms with E-state index >= 15 is 0 Å². The van der Waals surface area contributed by atoms with E-state index < -0.39 is 0 Å². The van der Waals surface area contributed by atoms with Gasteiger partial charge in [0.05, 0.1) is 18.8 Å². The number of rotatable bonds is 6. The van der Waals surface area contributed by atoms with Gasteiger partial charge in [0.2, 0.25) is 0 Å². The largest absolute Gasteiger partial charge is 0.371 e. The van der Waals surface area contributed by atoms with Crippen LogP contribution in [0.4, 0.5) is 0 Å². The van der Waals surface area contributed by atoms with E-state index in [4.69, 9.17) is 10.00 Å². The Morgan fingerprint density at radius 3 is 2.63 bits per heavy atom. The Morgan fingerprint density at radius 2 is 2.00 bits per heavy atom. The summed E-state index contributed by atoms with van der Waals surface area (Å²) in [5, 5.41) is 8.81. The SMILES string of the molecule is N#CCC1(CN2CC(OCc3ccccc3)C2)CC1. The topological polar surface area (TPSA) is 36.3 Å². The summed E-state index contributed by atoms with van der Waals surface area (Å²) >= 11 is 0. The average Bonchev–Trinajstić information content (AvgIpc) is 3.14. The molecule has 0 bridgehead atoms. The number of ether oxygens (including phenoxy) is 1. The summed E-state index contributed by atoms with van der Waals surface area (Å²) in [6.07, 6.45) is 3.55. The summed E-state index contributed by atoms with van der Waals surface area (Å²) < 4.78 is 5.88. The fraction of sp³-hybridized carbons (Fsp3) is 0.562. The van der Waals surface area contributed by atoms with Crippen molar-refractivity contribution in [3.05, 3.63) is 35.9 Å². The molecule has 1 saturated carbocycles. The quantitative estimate of drug-likeness (QED) is 0.785. The monoisotopic (exact) mass is 256 g/mol. The second-order valence-corrected chi connectivity index (χ2v) is 5.95. The summed E-state index contributed by atoms with van der Waals surface area (Å²) in [6.45, 7) is 3.86. The molecule has 1 heterocycles. The molecule has 1 aliphatic heterocycles. The Bertz CT molecular complexity index is 455. The molecular formula is C16H20N2O. The first-order chi connectivity index (χ1) is 9.30. The van der Waals surface area contributed by atoms with Crippen LogP contribution in [-0.2, 0) is 11.3 Å². The minimum absolute atomic E-state index is 0.332. The van der Waals surface area contributed by atoms with Gasteiger partial charge in [0.25, 0.3) is 0 Å². The predicted molar refractivity (Wildman–Crippen MR) is 73.4 cm³/mol. The summed E-state index contributed by atoms with van der Waals surface area (Å²) in [7, 11) is 0. The molecule has 0 aromatic heterocycles. The van der Waals surface area contributed by atoms with E-state index in [9.17, 15) is 0 Å². The van der Waals surface area contributed by atoms with E-state index in [1.54, 1.807) is 0 Å². The molecule has 3 rings (SSSR count). The van der Waals surface area contributed by atoms with Crippen molar-refractivity contribution in [1.82, 2.24) is 4.90 Å². The Hall–Kier alpha value is -1.37. The molecule has 2 fully saturated rings. The molecular weight excluding hydrogens is 236 g/mol. The van der Waals surface area contributed by atoms with Crippen molar-refractivity contribution in [3.8, 4) is 6.07 Å². The minimum atomic E-state index is 0.332. The number of likely N-dealkylation sites (tertiary alicyclic amines) is 1. The normalized spacial score (nSPS) is 21.6. The third-order valence-corrected chi connectivity index (χ3v) is 4.22. The number of nitrogens with zero attached hydrogens (tertiary/aromatic N) is 2. The van der Waals surface area contributed by atoms with Gasteiger partial charge < -0.3 is 4.74 Å². The number of benzene rings is 1. The van der Waals surface area contributed by atoms with Gasteiger partial charge in [-0.2, -0.15) is 5.26 Å². The van der Waals surface area contributed by atoms with Crippen molar-refractivity contribution in [1.29, 1.82) is 5.26 Å². The molecule has 3 nitrogen and oxygen atoms in total. The van der Waals surface area contributed by atoms with E-state index in [1.165, 1.54) is 18.4 Å². The van der Waals surface area contributed by atoms with E-state index in [0.29, 0.717) is 18.1 Å². The number of hydrogen-bond acceptors (Lipinski definition) is 3. The predicted octanol–water partition coefficient (Wildman–Crippen LogP) is 2.58. The summed E-state index contributed by atoms with van der Waals surface area (Å²) in [6, 6.07) is 12.6. The first-order valence-corrected chi connectivity index (χ1v) is 7.05. The third kappa shape index (κ3) is 3.15. The van der Waals surface area contributed by atoms with Gasteiger partial charge in [-0.1, -0.05) is 30.3 Å². The van der Waals surface area contributed by atoms with E-state index in [-0.39, 0.29) is 0 Å². The molecule has 1 aliphatic carbocycles. The van der Waals surface area contributed by atoms with Crippen molar-refractivity contribution in [3.63, 3.8) is 0 Å². The maximum atomic E-state index is 8.81. The second kappa shape index (κ2) is 5.32. The van der Waals surface area contributed by atoms with Crippen molar-refractivity contribution in [2.45, 2.75) is 32.0 Å². The standard InChI is InChI=1S/C16H20N2O/c17-9-8-16(6-7-16)13-18-10-15(11-18)19-12-14-4-2-1-3-5-14/h1-5,15H,6-8,10-13H2. The van der Waals surface area contributed by atoms with Crippen LogP contribution in [0.2, 0.25) is 0 Å². The molecule has 0 atom stereocenters. The van der Waals surface area contributed by atoms with Gasteiger partial charge in [-0.3, -0.25) is 4.90 Å². The van der Waals surface area contributed by atoms with E-state index in [0.717, 1.165) is 26.1 Å². The van der Waals surface area contributed by atoms with Crippen LogP contribution in [0.3, 0.4) is 0 Å². The smallest absolute Gasteiger partial charge is 0.0833 e. The Kier molecular flexibility index (Phi) is 3.54. The van der Waals surface area contributed by atoms with Crippen molar-refractivity contribution in [2.24, 2.45) is 5.41 Å². The van der Waals surface area contributed by atoms with Gasteiger partial charge in [-0.05, 0) is 23.8 Å². The van der Waals surface area contributed by atoms with Crippen LogP contribution >= 0.6 is 0 Å². The fourth-order valence-electron chi connectivity index (χ4n) is 2.75. The highest BCUT2D eigenvalue weighted by molar-refractivity contribution is 5.13. The maximum absolute atomic E-state index is 8.81. The lowest BCUT2D eigenvalue weighted by Gasteiger charge is -2.40. The Labute approximate surface area is 114 Å². The molecule has 3 heteroatoms. The first kappa shape index (κ1) is 12.7. The summed E-state index contributed by atoms with van der Waals surface area (Å²) in [5.74, 6) is 0. The molecule has 0 N–H and O–H groups in total. The Morgan fingerprint density at radius 1 is 1.26 bits per heavy atom. The zero-order valence-electron chi connectivity index (χ0n) is 11.2. The second-order valence-electron chi connectivity index (χ2n) is 5.95. The highest BCUT2D eigenvalue weighted by atomic mass is 16.5. The van der Waals surface area contributed by atoms with Crippen LogP contribution in [0.15, 0.2) is 30.3 Å². The van der Waals surface area contributed by atoms with Crippen LogP contribution in [0.1, 0.15) is 24.8 Å². The van der Waals surface area contributed by atoms with Crippen molar-refractivity contribution < 1.29 is 4.74 Å². The van der Waals surface area contributed by atoms with Crippen LogP contribution < -0.4 is 0 Å². The van der Waals surface area contributed by atoms with Gasteiger partial charge in [0, 0.05) is 26.1 Å². The summed E-state index contributed by atoms with van der Waals surface area (Å²) in [5.41, 5.74) is 1.57. The molecule has 0 unspecified atom stereocenters. The summed E-state index contributed by atoms with van der Waals surface area (Å²) in [4.78, 5) is 2.43. The number of nitriles is 1. The molecule has 1 saturated heterocycles. The van der Waals surface area contributed by atoms with Crippen molar-refractivity contribution in [2.75, 3.05) is 19.6 Å². The van der Waals surface area contributed by atoms with Crippen LogP contribution in [0, 0.1) is 16.7 Å². The van der Waals surface area contributed by atoms with Gasteiger partial charge >= 0.3 is 0 Å². The fourth-order valence-corrected chi connectivity index (χ4v) is 2.75. The molecule has 1 aromatic rings. The highest BCUT2D eigenvalue weighted by Gasteiger charge is 2.45. The van der Waals surface area contributed by atoms with Gasteiger partial charge in [-0.25, -0.2) is 0 Å². The zero-order valence-corrected chi connectivity index (χ0v) is 11.2. The average molecular weight is 256 g/mol. The van der Waals surface area contributed by atoms with Gasteiger partial charge in [0.15, 0.2) is 0 Å². The molecule has 0 amide bonds. The van der Waals surface area contributed by atoms with Crippen LogP contribution in [0.5, 0.6) is 0 Å². The van der Waals surface area contributed by atoms with Crippen molar-refractivity contribution >= 4 is 0 Å². The molecule has 2 aliphatic rings. The maximum Gasteiger partial charge on any atom is 0.0833 e. The molecule has 19 heavy (non-hydrogen) atoms. The lowest BCUT2D eigenvalue weighted by Crippen LogP contribution is -2.53. The molecule has 0 spiro atoms. The highest BCUT2D eigenvalue weighted by Crippen LogP contribution is 2.49. The van der Waals surface area contributed by atoms with Gasteiger partial charge in [0.1, 0.15) is 0 Å². The minimum Gasteiger partial charge on any atom is -0.371 e. The molecule has 0 radical (unpaired) electrons. The van der Waals surface area contributed by atoms with Crippen LogP contribution in [0.25, 0.3) is 0 Å². The van der Waals surface area contributed by atoms with Crippen LogP contribution in [-0.4, -0.2) is 30.6 Å². The molecule has 1 aromatic carbocycles. The zero-order chi connectivity index (χ0) is 13.1. The van der Waals surface area contributed by atoms with E-state index in [2.05, 4.69) is 23.1 Å². The van der Waals surface area contributed by atoms with Gasteiger partial charge in [-0.15, -0.1) is 0 Å². The first-order valence-electron chi connectivity index (χ1n) is 7.05. The lowest BCUT2D eigenvalue weighted by atomic mass is 10.00.